The molecule has 0 atom stereocenters. The first-order chi connectivity index (χ1) is 8.14. The minimum Gasteiger partial charge on any atom is -0.366 e. The van der Waals surface area contributed by atoms with Gasteiger partial charge < -0.3 is 10.6 Å². The number of carbonyl (C=O) groups is 2. The van der Waals surface area contributed by atoms with E-state index in [2.05, 4.69) is 0 Å². The lowest BCUT2D eigenvalue weighted by molar-refractivity contribution is 0.0823. The lowest BCUT2D eigenvalue weighted by Gasteiger charge is -2.13. The van der Waals surface area contributed by atoms with E-state index in [0.717, 1.165) is 6.07 Å². The average molecular weight is 291 g/mol. The summed E-state index contributed by atoms with van der Waals surface area (Å²) in [7, 11) is 4.02. The van der Waals surface area contributed by atoms with Crippen LogP contribution in [0.5, 0.6) is 0 Å². The summed E-state index contributed by atoms with van der Waals surface area (Å²) in [6.45, 7) is 0. The van der Waals surface area contributed by atoms with Gasteiger partial charge in [0.1, 0.15) is 0 Å². The highest BCUT2D eigenvalue weighted by atomic mass is 35.7. The normalized spacial score (nSPS) is 11.1. The van der Waals surface area contributed by atoms with Crippen molar-refractivity contribution in [1.29, 1.82) is 0 Å². The molecular formula is C10H11ClN2O4S. The molecule has 2 amide bonds. The molecular weight excluding hydrogens is 280 g/mol. The molecule has 0 bridgehead atoms. The SMILES string of the molecule is CN(C)C(=O)c1ccc(C(N)=O)cc1S(=O)(=O)Cl. The number of amides is 2. The number of carbonyl (C=O) groups excluding carboxylic acids is 2. The third-order valence-corrected chi connectivity index (χ3v) is 3.53. The number of hydrogen-bond donors (Lipinski definition) is 1. The molecule has 0 aliphatic rings. The monoisotopic (exact) mass is 290 g/mol. The van der Waals surface area contributed by atoms with Crippen LogP contribution >= 0.6 is 10.7 Å². The van der Waals surface area contributed by atoms with E-state index >= 15 is 0 Å². The van der Waals surface area contributed by atoms with Gasteiger partial charge in [-0.25, -0.2) is 8.42 Å². The maximum Gasteiger partial charge on any atom is 0.262 e. The number of primary amides is 1. The van der Waals surface area contributed by atoms with E-state index in [4.69, 9.17) is 16.4 Å². The van der Waals surface area contributed by atoms with Crippen LogP contribution in [0, 0.1) is 0 Å². The van der Waals surface area contributed by atoms with Gasteiger partial charge >= 0.3 is 0 Å². The number of halogens is 1. The summed E-state index contributed by atoms with van der Waals surface area (Å²) in [4.78, 5) is 23.5. The number of nitrogens with two attached hydrogens (primary N) is 1. The molecule has 0 saturated heterocycles. The molecule has 0 radical (unpaired) electrons. The van der Waals surface area contributed by atoms with Crippen LogP contribution in [0.15, 0.2) is 23.1 Å². The Balaban J connectivity index is 3.54. The fraction of sp³-hybridized carbons (Fsp3) is 0.200. The van der Waals surface area contributed by atoms with E-state index in [1.165, 1.54) is 31.1 Å². The second kappa shape index (κ2) is 4.95. The molecule has 0 unspecified atom stereocenters. The first kappa shape index (κ1) is 14.5. The molecule has 0 spiro atoms. The van der Waals surface area contributed by atoms with Crippen molar-refractivity contribution >= 4 is 31.5 Å². The second-order valence-corrected chi connectivity index (χ2v) is 6.25. The second-order valence-electron chi connectivity index (χ2n) is 3.71. The molecule has 1 aromatic carbocycles. The van der Waals surface area contributed by atoms with Crippen LogP contribution in [0.1, 0.15) is 20.7 Å². The first-order valence-corrected chi connectivity index (χ1v) is 7.05. The van der Waals surface area contributed by atoms with Crippen LogP contribution in [0.4, 0.5) is 0 Å². The molecule has 18 heavy (non-hydrogen) atoms. The molecule has 0 aromatic heterocycles. The molecule has 98 valence electrons. The molecule has 0 fully saturated rings. The van der Waals surface area contributed by atoms with Crippen molar-refractivity contribution in [3.8, 4) is 0 Å². The molecule has 0 aliphatic heterocycles. The summed E-state index contributed by atoms with van der Waals surface area (Å²) in [5.41, 5.74) is 4.89. The van der Waals surface area contributed by atoms with Gasteiger partial charge in [0.15, 0.2) is 0 Å². The number of rotatable bonds is 3. The summed E-state index contributed by atoms with van der Waals surface area (Å²) in [5, 5.41) is 0. The number of benzene rings is 1. The highest BCUT2D eigenvalue weighted by Crippen LogP contribution is 2.22. The van der Waals surface area contributed by atoms with Gasteiger partial charge in [-0.2, -0.15) is 0 Å². The minimum atomic E-state index is -4.15. The Morgan fingerprint density at radius 3 is 2.22 bits per heavy atom. The Labute approximate surface area is 109 Å². The van der Waals surface area contributed by atoms with Crippen LogP contribution < -0.4 is 5.73 Å². The summed E-state index contributed by atoms with van der Waals surface area (Å²) >= 11 is 0. The summed E-state index contributed by atoms with van der Waals surface area (Å²) < 4.78 is 22.8. The average Bonchev–Trinajstić information content (AvgIpc) is 2.25. The Hall–Kier alpha value is -1.60. The lowest BCUT2D eigenvalue weighted by atomic mass is 10.1. The van der Waals surface area contributed by atoms with Gasteiger partial charge in [0, 0.05) is 30.3 Å². The molecule has 1 aromatic rings. The maximum atomic E-state index is 11.8. The Morgan fingerprint density at radius 1 is 1.28 bits per heavy atom. The minimum absolute atomic E-state index is 0.0375. The fourth-order valence-electron chi connectivity index (χ4n) is 1.29. The molecule has 0 heterocycles. The third kappa shape index (κ3) is 2.99. The topological polar surface area (TPSA) is 97.5 Å². The van der Waals surface area contributed by atoms with E-state index in [0.29, 0.717) is 0 Å². The van der Waals surface area contributed by atoms with Crippen molar-refractivity contribution < 1.29 is 18.0 Å². The van der Waals surface area contributed by atoms with Gasteiger partial charge in [-0.05, 0) is 18.2 Å². The first-order valence-electron chi connectivity index (χ1n) is 4.74. The van der Waals surface area contributed by atoms with Crippen LogP contribution in [0.3, 0.4) is 0 Å². The fourth-order valence-corrected chi connectivity index (χ4v) is 2.36. The highest BCUT2D eigenvalue weighted by molar-refractivity contribution is 8.13. The van der Waals surface area contributed by atoms with Gasteiger partial charge in [-0.15, -0.1) is 0 Å². The van der Waals surface area contributed by atoms with Crippen molar-refractivity contribution in [2.75, 3.05) is 14.1 Å². The number of hydrogen-bond acceptors (Lipinski definition) is 4. The Morgan fingerprint density at radius 2 is 1.83 bits per heavy atom. The summed E-state index contributed by atoms with van der Waals surface area (Å²) in [6.07, 6.45) is 0. The standard InChI is InChI=1S/C10H11ClN2O4S/c1-13(2)10(15)7-4-3-6(9(12)14)5-8(7)18(11,16)17/h3-5H,1-2H3,(H2,12,14). The van der Waals surface area contributed by atoms with Crippen molar-refractivity contribution in [3.05, 3.63) is 29.3 Å². The zero-order valence-electron chi connectivity index (χ0n) is 9.68. The van der Waals surface area contributed by atoms with Gasteiger partial charge in [-0.1, -0.05) is 0 Å². The quantitative estimate of drug-likeness (QED) is 0.816. The van der Waals surface area contributed by atoms with Crippen LogP contribution in [0.2, 0.25) is 0 Å². The van der Waals surface area contributed by atoms with E-state index in [1.807, 2.05) is 0 Å². The molecule has 0 saturated carbocycles. The van der Waals surface area contributed by atoms with Crippen LogP contribution in [0.25, 0.3) is 0 Å². The van der Waals surface area contributed by atoms with Gasteiger partial charge in [0.2, 0.25) is 5.91 Å². The predicted octanol–water partition coefficient (Wildman–Crippen LogP) is 0.415. The molecule has 2 N–H and O–H groups in total. The zero-order chi connectivity index (χ0) is 14.1. The smallest absolute Gasteiger partial charge is 0.262 e. The van der Waals surface area contributed by atoms with Gasteiger partial charge in [0.25, 0.3) is 15.0 Å². The van der Waals surface area contributed by atoms with Crippen molar-refractivity contribution in [1.82, 2.24) is 4.90 Å². The van der Waals surface area contributed by atoms with E-state index in [-0.39, 0.29) is 11.1 Å². The summed E-state index contributed by atoms with van der Waals surface area (Å²) in [6, 6.07) is 3.46. The van der Waals surface area contributed by atoms with Crippen molar-refractivity contribution in [3.63, 3.8) is 0 Å². The Bertz CT molecular complexity index is 610. The molecule has 0 aliphatic carbocycles. The third-order valence-electron chi connectivity index (χ3n) is 2.17. The van der Waals surface area contributed by atoms with Crippen LogP contribution in [-0.2, 0) is 9.05 Å². The van der Waals surface area contributed by atoms with E-state index in [9.17, 15) is 18.0 Å². The van der Waals surface area contributed by atoms with Crippen LogP contribution in [-0.4, -0.2) is 39.2 Å². The molecule has 8 heteroatoms. The molecule has 1 rings (SSSR count). The van der Waals surface area contributed by atoms with Gasteiger partial charge in [-0.3, -0.25) is 9.59 Å². The lowest BCUT2D eigenvalue weighted by Crippen LogP contribution is -2.24. The summed E-state index contributed by atoms with van der Waals surface area (Å²) in [5.74, 6) is -1.34. The van der Waals surface area contributed by atoms with Crippen molar-refractivity contribution in [2.45, 2.75) is 4.90 Å². The Kier molecular flexibility index (Phi) is 3.98. The molecule has 6 nitrogen and oxygen atoms in total. The van der Waals surface area contributed by atoms with Crippen molar-refractivity contribution in [2.24, 2.45) is 5.73 Å². The maximum absolute atomic E-state index is 11.8. The largest absolute Gasteiger partial charge is 0.366 e. The zero-order valence-corrected chi connectivity index (χ0v) is 11.2. The number of nitrogens with zero attached hydrogens (tertiary/aromatic N) is 1. The van der Waals surface area contributed by atoms with E-state index in [1.54, 1.807) is 0 Å². The van der Waals surface area contributed by atoms with Gasteiger partial charge in [0.05, 0.1) is 10.5 Å². The van der Waals surface area contributed by atoms with E-state index < -0.39 is 25.8 Å². The highest BCUT2D eigenvalue weighted by Gasteiger charge is 2.23. The predicted molar refractivity (Wildman–Crippen MR) is 66.0 cm³/mol.